The lowest BCUT2D eigenvalue weighted by Crippen LogP contribution is -1.98. The van der Waals surface area contributed by atoms with Crippen molar-refractivity contribution in [1.29, 1.82) is 0 Å². The molecule has 0 radical (unpaired) electrons. The largest absolute Gasteiger partial charge is 0.502 e. The predicted molar refractivity (Wildman–Crippen MR) is 79.1 cm³/mol. The van der Waals surface area contributed by atoms with Gasteiger partial charge in [0.1, 0.15) is 5.75 Å². The van der Waals surface area contributed by atoms with Gasteiger partial charge in [0.15, 0.2) is 11.5 Å². The van der Waals surface area contributed by atoms with Crippen molar-refractivity contribution in [3.63, 3.8) is 0 Å². The molecule has 0 amide bonds. The molecule has 7 heteroatoms. The van der Waals surface area contributed by atoms with Gasteiger partial charge in [0.05, 0.1) is 10.5 Å². The van der Waals surface area contributed by atoms with Crippen molar-refractivity contribution < 1.29 is 19.6 Å². The molecule has 1 heterocycles. The molecule has 0 aliphatic carbocycles. The highest BCUT2D eigenvalue weighted by Crippen LogP contribution is 2.34. The normalized spacial score (nSPS) is 14.8. The molecule has 2 aromatic rings. The van der Waals surface area contributed by atoms with Crippen LogP contribution in [-0.2, 0) is 0 Å². The number of Topliss-reactive ketones (excluding diaryl/α,β-unsaturated/α-hetero) is 1. The Morgan fingerprint density at radius 2 is 2.00 bits per heavy atom. The summed E-state index contributed by atoms with van der Waals surface area (Å²) in [7, 11) is 0. The van der Waals surface area contributed by atoms with Gasteiger partial charge in [-0.25, -0.2) is 0 Å². The summed E-state index contributed by atoms with van der Waals surface area (Å²) >= 11 is 5.84. The molecule has 1 N–H and O–H groups in total. The minimum atomic E-state index is -0.693. The van der Waals surface area contributed by atoms with Gasteiger partial charge < -0.3 is 9.84 Å². The summed E-state index contributed by atoms with van der Waals surface area (Å²) in [4.78, 5) is 22.1. The van der Waals surface area contributed by atoms with Gasteiger partial charge in [0.25, 0.3) is 0 Å². The first-order valence-corrected chi connectivity index (χ1v) is 6.55. The molecule has 0 saturated carbocycles. The van der Waals surface area contributed by atoms with Crippen LogP contribution in [0.5, 0.6) is 11.5 Å². The third-order valence-corrected chi connectivity index (χ3v) is 3.36. The van der Waals surface area contributed by atoms with E-state index in [0.29, 0.717) is 21.9 Å². The number of hydrogen-bond acceptors (Lipinski definition) is 5. The number of rotatable bonds is 2. The number of fused-ring (bicyclic) bond motifs is 1. The molecule has 22 heavy (non-hydrogen) atoms. The number of carbonyl (C=O) groups excluding carboxylic acids is 1. The van der Waals surface area contributed by atoms with E-state index in [9.17, 15) is 20.0 Å². The Balaban J connectivity index is 1.96. The highest BCUT2D eigenvalue weighted by Gasteiger charge is 2.27. The fraction of sp³-hybridized carbons (Fsp3) is 0. The van der Waals surface area contributed by atoms with E-state index in [-0.39, 0.29) is 11.5 Å². The molecule has 0 aromatic heterocycles. The fourth-order valence-electron chi connectivity index (χ4n) is 2.10. The van der Waals surface area contributed by atoms with Crippen LogP contribution in [0, 0.1) is 10.1 Å². The van der Waals surface area contributed by atoms with Gasteiger partial charge in [-0.15, -0.1) is 0 Å². The topological polar surface area (TPSA) is 89.7 Å². The zero-order chi connectivity index (χ0) is 15.9. The van der Waals surface area contributed by atoms with Crippen molar-refractivity contribution in [1.82, 2.24) is 0 Å². The molecule has 0 bridgehead atoms. The summed E-state index contributed by atoms with van der Waals surface area (Å²) in [6.07, 6.45) is 1.40. The van der Waals surface area contributed by atoms with E-state index in [1.807, 2.05) is 0 Å². The Hall–Kier alpha value is -2.86. The molecule has 0 fully saturated rings. The highest BCUT2D eigenvalue weighted by atomic mass is 35.5. The summed E-state index contributed by atoms with van der Waals surface area (Å²) in [5.74, 6) is -0.363. The molecule has 1 aliphatic heterocycles. The molecule has 1 aliphatic rings. The molecule has 6 nitrogen and oxygen atoms in total. The van der Waals surface area contributed by atoms with Gasteiger partial charge in [0.2, 0.25) is 5.78 Å². The average Bonchev–Trinajstić information content (AvgIpc) is 2.75. The maximum atomic E-state index is 12.2. The summed E-state index contributed by atoms with van der Waals surface area (Å²) in [5.41, 5.74) is 0.353. The van der Waals surface area contributed by atoms with Crippen LogP contribution in [0.1, 0.15) is 15.9 Å². The van der Waals surface area contributed by atoms with Crippen molar-refractivity contribution >= 4 is 29.1 Å². The van der Waals surface area contributed by atoms with E-state index in [1.165, 1.54) is 24.3 Å². The summed E-state index contributed by atoms with van der Waals surface area (Å²) < 4.78 is 5.43. The number of ketones is 1. The number of phenols is 1. The lowest BCUT2D eigenvalue weighted by Gasteiger charge is -2.00. The molecule has 3 rings (SSSR count). The Bertz CT molecular complexity index is 844. The summed E-state index contributed by atoms with van der Waals surface area (Å²) in [6, 6.07) is 8.46. The Kier molecular flexibility index (Phi) is 3.30. The minimum Gasteiger partial charge on any atom is -0.502 e. The van der Waals surface area contributed by atoms with Crippen LogP contribution in [0.4, 0.5) is 5.69 Å². The van der Waals surface area contributed by atoms with Gasteiger partial charge in [-0.2, -0.15) is 0 Å². The Morgan fingerprint density at radius 1 is 1.23 bits per heavy atom. The predicted octanol–water partition coefficient (Wildman–Crippen LogP) is 3.57. The van der Waals surface area contributed by atoms with Crippen LogP contribution >= 0.6 is 11.6 Å². The number of halogens is 1. The minimum absolute atomic E-state index is 0.0607. The van der Waals surface area contributed by atoms with E-state index in [2.05, 4.69) is 0 Å². The molecule has 0 unspecified atom stereocenters. The lowest BCUT2D eigenvalue weighted by molar-refractivity contribution is -0.385. The maximum absolute atomic E-state index is 12.2. The van der Waals surface area contributed by atoms with E-state index in [4.69, 9.17) is 16.3 Å². The van der Waals surface area contributed by atoms with Crippen molar-refractivity contribution in [2.45, 2.75) is 0 Å². The molecule has 0 atom stereocenters. The molecule has 2 aromatic carbocycles. The number of phenolic OH excluding ortho intramolecular Hbond substituents is 1. The molecular weight excluding hydrogens is 310 g/mol. The number of aromatic hydroxyl groups is 1. The van der Waals surface area contributed by atoms with Crippen LogP contribution in [0.3, 0.4) is 0 Å². The van der Waals surface area contributed by atoms with Crippen molar-refractivity contribution in [3.8, 4) is 11.5 Å². The van der Waals surface area contributed by atoms with E-state index >= 15 is 0 Å². The van der Waals surface area contributed by atoms with Crippen LogP contribution < -0.4 is 4.74 Å². The SMILES string of the molecule is O=C1C(=Cc2ccc([N+](=O)[O-])c(O)c2)Oc2ccc(Cl)cc21. The smallest absolute Gasteiger partial charge is 0.310 e. The molecule has 0 spiro atoms. The van der Waals surface area contributed by atoms with Crippen LogP contribution in [0.15, 0.2) is 42.2 Å². The van der Waals surface area contributed by atoms with Gasteiger partial charge in [-0.1, -0.05) is 11.6 Å². The van der Waals surface area contributed by atoms with Crippen LogP contribution in [0.25, 0.3) is 6.08 Å². The summed E-state index contributed by atoms with van der Waals surface area (Å²) in [6.45, 7) is 0. The third-order valence-electron chi connectivity index (χ3n) is 3.12. The number of benzene rings is 2. The van der Waals surface area contributed by atoms with Crippen LogP contribution in [0.2, 0.25) is 5.02 Å². The number of allylic oxidation sites excluding steroid dienone is 1. The van der Waals surface area contributed by atoms with E-state index in [0.717, 1.165) is 6.07 Å². The maximum Gasteiger partial charge on any atom is 0.310 e. The van der Waals surface area contributed by atoms with Crippen molar-refractivity contribution in [3.05, 3.63) is 68.4 Å². The van der Waals surface area contributed by atoms with Crippen molar-refractivity contribution in [2.75, 3.05) is 0 Å². The molecule has 110 valence electrons. The van der Waals surface area contributed by atoms with Crippen molar-refractivity contribution in [2.24, 2.45) is 0 Å². The number of nitro benzene ring substituents is 1. The first kappa shape index (κ1) is 14.1. The van der Waals surface area contributed by atoms with Gasteiger partial charge in [0, 0.05) is 11.1 Å². The van der Waals surface area contributed by atoms with E-state index in [1.54, 1.807) is 12.1 Å². The Labute approximate surface area is 129 Å². The first-order valence-electron chi connectivity index (χ1n) is 6.17. The van der Waals surface area contributed by atoms with Crippen LogP contribution in [-0.4, -0.2) is 15.8 Å². The fourth-order valence-corrected chi connectivity index (χ4v) is 2.27. The van der Waals surface area contributed by atoms with E-state index < -0.39 is 16.4 Å². The second kappa shape index (κ2) is 5.16. The number of nitrogens with zero attached hydrogens (tertiary/aromatic N) is 1. The number of ether oxygens (including phenoxy) is 1. The second-order valence-electron chi connectivity index (χ2n) is 4.59. The lowest BCUT2D eigenvalue weighted by atomic mass is 10.1. The highest BCUT2D eigenvalue weighted by molar-refractivity contribution is 6.31. The number of carbonyl (C=O) groups is 1. The number of nitro groups is 1. The Morgan fingerprint density at radius 3 is 2.68 bits per heavy atom. The van der Waals surface area contributed by atoms with Gasteiger partial charge in [-0.05, 0) is 42.0 Å². The molecule has 0 saturated heterocycles. The zero-order valence-corrected chi connectivity index (χ0v) is 11.7. The number of hydrogen-bond donors (Lipinski definition) is 1. The average molecular weight is 318 g/mol. The molecular formula is C15H8ClNO5. The van der Waals surface area contributed by atoms with Gasteiger partial charge in [-0.3, -0.25) is 14.9 Å². The van der Waals surface area contributed by atoms with Gasteiger partial charge >= 0.3 is 5.69 Å². The monoisotopic (exact) mass is 317 g/mol. The summed E-state index contributed by atoms with van der Waals surface area (Å²) in [5, 5.41) is 20.7. The zero-order valence-electron chi connectivity index (χ0n) is 10.9. The first-order chi connectivity index (χ1) is 10.5. The standard InChI is InChI=1S/C15H8ClNO5/c16-9-2-4-13-10(7-9)15(19)14(22-13)6-8-1-3-11(17(20)21)12(18)5-8/h1-7,18H. The third kappa shape index (κ3) is 2.40. The quantitative estimate of drug-likeness (QED) is 0.519. The second-order valence-corrected chi connectivity index (χ2v) is 5.02.